The average Bonchev–Trinajstić information content (AvgIpc) is 3.08. The Morgan fingerprint density at radius 2 is 2.58 bits per heavy atom. The highest BCUT2D eigenvalue weighted by atomic mass is 32.2. The summed E-state index contributed by atoms with van der Waals surface area (Å²) in [5, 5.41) is 3.89. The molecule has 1 aromatic rings. The Hall–Kier alpha value is -1.01. The van der Waals surface area contributed by atoms with Crippen molar-refractivity contribution in [1.82, 2.24) is 10.3 Å². The largest absolute Gasteiger partial charge is 0.468 e. The highest BCUT2D eigenvalue weighted by Gasteiger charge is 2.48. The van der Waals surface area contributed by atoms with E-state index in [-0.39, 0.29) is 5.97 Å². The third-order valence-electron chi connectivity index (χ3n) is 3.92. The van der Waals surface area contributed by atoms with E-state index in [1.165, 1.54) is 7.11 Å². The molecule has 2 rings (SSSR count). The van der Waals surface area contributed by atoms with Crippen molar-refractivity contribution >= 4 is 17.7 Å². The van der Waals surface area contributed by atoms with Crippen LogP contribution in [0.2, 0.25) is 0 Å². The average molecular weight is 284 g/mol. The molecule has 0 bridgehead atoms. The molecule has 0 aliphatic heterocycles. The number of likely N-dealkylation sites (N-methyl/N-ethyl adjacent to an activating group) is 1. The standard InChI is InChI=1S/C13H20N2O3S/c1-14-13(11(16)17-2)6-3-4-10(13)5-9-19-12-15-7-8-18-12/h7-8,10,14H,3-6,9H2,1-2H3. The second-order valence-corrected chi connectivity index (χ2v) is 5.78. The number of hydrogen-bond donors (Lipinski definition) is 1. The third-order valence-corrected chi connectivity index (χ3v) is 4.81. The number of methoxy groups -OCH3 is 1. The predicted molar refractivity (Wildman–Crippen MR) is 73.0 cm³/mol. The first kappa shape index (κ1) is 14.4. The number of oxazole rings is 1. The molecule has 0 aromatic carbocycles. The van der Waals surface area contributed by atoms with Gasteiger partial charge in [0.2, 0.25) is 0 Å². The summed E-state index contributed by atoms with van der Waals surface area (Å²) >= 11 is 1.59. The Bertz CT molecular complexity index is 410. The van der Waals surface area contributed by atoms with Gasteiger partial charge in [0.1, 0.15) is 11.8 Å². The summed E-state index contributed by atoms with van der Waals surface area (Å²) in [6.07, 6.45) is 7.13. The minimum Gasteiger partial charge on any atom is -0.468 e. The van der Waals surface area contributed by atoms with Crippen LogP contribution in [0.5, 0.6) is 0 Å². The molecule has 1 heterocycles. The van der Waals surface area contributed by atoms with E-state index in [4.69, 9.17) is 9.15 Å². The molecule has 0 amide bonds. The normalized spacial score (nSPS) is 26.5. The van der Waals surface area contributed by atoms with Gasteiger partial charge in [0.15, 0.2) is 0 Å². The molecule has 106 valence electrons. The van der Waals surface area contributed by atoms with Crippen LogP contribution < -0.4 is 5.32 Å². The predicted octanol–water partition coefficient (Wildman–Crippen LogP) is 2.09. The molecule has 0 radical (unpaired) electrons. The van der Waals surface area contributed by atoms with Crippen molar-refractivity contribution in [3.8, 4) is 0 Å². The molecule has 19 heavy (non-hydrogen) atoms. The lowest BCUT2D eigenvalue weighted by molar-refractivity contribution is -0.150. The molecule has 1 aromatic heterocycles. The number of thioether (sulfide) groups is 1. The summed E-state index contributed by atoms with van der Waals surface area (Å²) < 4.78 is 10.2. The fourth-order valence-corrected chi connectivity index (χ4v) is 3.76. The zero-order chi connectivity index (χ0) is 13.7. The second kappa shape index (κ2) is 6.43. The highest BCUT2D eigenvalue weighted by Crippen LogP contribution is 2.39. The topological polar surface area (TPSA) is 64.4 Å². The van der Waals surface area contributed by atoms with Gasteiger partial charge in [-0.2, -0.15) is 0 Å². The minimum absolute atomic E-state index is 0.140. The molecule has 1 fully saturated rings. The van der Waals surface area contributed by atoms with E-state index < -0.39 is 5.54 Å². The highest BCUT2D eigenvalue weighted by molar-refractivity contribution is 7.99. The first-order valence-electron chi connectivity index (χ1n) is 6.52. The Balaban J connectivity index is 1.92. The summed E-state index contributed by atoms with van der Waals surface area (Å²) in [6, 6.07) is 0. The molecule has 1 saturated carbocycles. The summed E-state index contributed by atoms with van der Waals surface area (Å²) in [5.41, 5.74) is -0.508. The Labute approximate surface area is 117 Å². The molecule has 1 aliphatic rings. The number of carbonyl (C=O) groups excluding carboxylic acids is 1. The van der Waals surface area contributed by atoms with Crippen LogP contribution in [0.4, 0.5) is 0 Å². The second-order valence-electron chi connectivity index (χ2n) is 4.74. The van der Waals surface area contributed by atoms with Crippen molar-refractivity contribution < 1.29 is 13.9 Å². The van der Waals surface area contributed by atoms with Gasteiger partial charge >= 0.3 is 5.97 Å². The van der Waals surface area contributed by atoms with Gasteiger partial charge < -0.3 is 14.5 Å². The zero-order valence-corrected chi connectivity index (χ0v) is 12.2. The zero-order valence-electron chi connectivity index (χ0n) is 11.3. The van der Waals surface area contributed by atoms with Gasteiger partial charge in [-0.25, -0.2) is 4.98 Å². The van der Waals surface area contributed by atoms with Crippen LogP contribution >= 0.6 is 11.8 Å². The van der Waals surface area contributed by atoms with Crippen LogP contribution in [0, 0.1) is 5.92 Å². The van der Waals surface area contributed by atoms with Crippen molar-refractivity contribution in [2.75, 3.05) is 19.9 Å². The SMILES string of the molecule is CNC1(C(=O)OC)CCCC1CCSc1ncco1. The van der Waals surface area contributed by atoms with E-state index in [2.05, 4.69) is 10.3 Å². The quantitative estimate of drug-likeness (QED) is 0.637. The minimum atomic E-state index is -0.508. The first-order valence-corrected chi connectivity index (χ1v) is 7.51. The molecular weight excluding hydrogens is 264 g/mol. The number of nitrogens with zero attached hydrogens (tertiary/aromatic N) is 1. The summed E-state index contributed by atoms with van der Waals surface area (Å²) in [4.78, 5) is 16.1. The van der Waals surface area contributed by atoms with Gasteiger partial charge in [0, 0.05) is 5.75 Å². The lowest BCUT2D eigenvalue weighted by Gasteiger charge is -2.32. The van der Waals surface area contributed by atoms with E-state index in [0.29, 0.717) is 11.1 Å². The van der Waals surface area contributed by atoms with Crippen molar-refractivity contribution in [2.45, 2.75) is 36.4 Å². The Kier molecular flexibility index (Phi) is 4.87. The third kappa shape index (κ3) is 2.95. The summed E-state index contributed by atoms with van der Waals surface area (Å²) in [7, 11) is 3.30. The van der Waals surface area contributed by atoms with Gasteiger partial charge in [0.25, 0.3) is 5.22 Å². The number of hydrogen-bond acceptors (Lipinski definition) is 6. The Morgan fingerprint density at radius 1 is 1.74 bits per heavy atom. The number of rotatable bonds is 6. The maximum absolute atomic E-state index is 12.0. The van der Waals surface area contributed by atoms with Crippen LogP contribution in [0.1, 0.15) is 25.7 Å². The van der Waals surface area contributed by atoms with Gasteiger partial charge in [-0.1, -0.05) is 18.2 Å². The molecule has 1 N–H and O–H groups in total. The van der Waals surface area contributed by atoms with Crippen LogP contribution in [0.3, 0.4) is 0 Å². The van der Waals surface area contributed by atoms with Crippen molar-refractivity contribution in [3.63, 3.8) is 0 Å². The van der Waals surface area contributed by atoms with Gasteiger partial charge in [-0.05, 0) is 32.2 Å². The maximum atomic E-state index is 12.0. The van der Waals surface area contributed by atoms with Crippen molar-refractivity contribution in [3.05, 3.63) is 12.5 Å². The first-order chi connectivity index (χ1) is 9.23. The van der Waals surface area contributed by atoms with Gasteiger partial charge in [0.05, 0.1) is 13.3 Å². The van der Waals surface area contributed by atoms with E-state index in [9.17, 15) is 4.79 Å². The number of ether oxygens (including phenoxy) is 1. The number of esters is 1. The Morgan fingerprint density at radius 3 is 3.21 bits per heavy atom. The summed E-state index contributed by atoms with van der Waals surface area (Å²) in [6.45, 7) is 0. The molecule has 6 heteroatoms. The number of nitrogens with one attached hydrogen (secondary N) is 1. The van der Waals surface area contributed by atoms with Crippen LogP contribution in [-0.2, 0) is 9.53 Å². The van der Waals surface area contributed by atoms with Crippen LogP contribution in [0.15, 0.2) is 22.1 Å². The van der Waals surface area contributed by atoms with Crippen molar-refractivity contribution in [2.24, 2.45) is 5.92 Å². The smallest absolute Gasteiger partial charge is 0.326 e. The van der Waals surface area contributed by atoms with Crippen LogP contribution in [0.25, 0.3) is 0 Å². The fourth-order valence-electron chi connectivity index (χ4n) is 2.92. The van der Waals surface area contributed by atoms with Crippen molar-refractivity contribution in [1.29, 1.82) is 0 Å². The molecule has 2 atom stereocenters. The van der Waals surface area contributed by atoms with Gasteiger partial charge in [-0.3, -0.25) is 4.79 Å². The van der Waals surface area contributed by atoms with Gasteiger partial charge in [-0.15, -0.1) is 0 Å². The molecule has 0 spiro atoms. The van der Waals surface area contributed by atoms with E-state index in [1.807, 2.05) is 7.05 Å². The lowest BCUT2D eigenvalue weighted by Crippen LogP contribution is -2.53. The van der Waals surface area contributed by atoms with Crippen LogP contribution in [-0.4, -0.2) is 36.4 Å². The molecular formula is C13H20N2O3S. The number of aromatic nitrogens is 1. The monoisotopic (exact) mass is 284 g/mol. The fraction of sp³-hybridized carbons (Fsp3) is 0.692. The van der Waals surface area contributed by atoms with E-state index >= 15 is 0 Å². The molecule has 5 nitrogen and oxygen atoms in total. The number of carbonyl (C=O) groups is 1. The lowest BCUT2D eigenvalue weighted by atomic mass is 9.85. The van der Waals surface area contributed by atoms with E-state index in [0.717, 1.165) is 31.4 Å². The molecule has 1 aliphatic carbocycles. The summed E-state index contributed by atoms with van der Waals surface area (Å²) in [5.74, 6) is 1.07. The molecule has 2 unspecified atom stereocenters. The van der Waals surface area contributed by atoms with E-state index in [1.54, 1.807) is 24.2 Å². The molecule has 0 saturated heterocycles. The maximum Gasteiger partial charge on any atom is 0.326 e.